The number of benzene rings is 2. The van der Waals surface area contributed by atoms with Crippen molar-refractivity contribution < 1.29 is 4.79 Å². The Kier molecular flexibility index (Phi) is 5.86. The SMILES string of the molecule is Cc1ccc([C@H](C)NC(=O)/C=C/c2ccc(Cl)cc2Cl)c(C)c1. The molecule has 0 spiro atoms. The molecule has 0 heterocycles. The Balaban J connectivity index is 2.05. The van der Waals surface area contributed by atoms with Crippen molar-refractivity contribution >= 4 is 35.2 Å². The van der Waals surface area contributed by atoms with Crippen molar-refractivity contribution in [2.24, 2.45) is 0 Å². The topological polar surface area (TPSA) is 29.1 Å². The van der Waals surface area contributed by atoms with Crippen molar-refractivity contribution in [3.05, 3.63) is 74.8 Å². The van der Waals surface area contributed by atoms with Crippen LogP contribution in [0.3, 0.4) is 0 Å². The number of hydrogen-bond acceptors (Lipinski definition) is 1. The Morgan fingerprint density at radius 2 is 1.87 bits per heavy atom. The van der Waals surface area contributed by atoms with Gasteiger partial charge in [-0.15, -0.1) is 0 Å². The van der Waals surface area contributed by atoms with Crippen molar-refractivity contribution in [3.63, 3.8) is 0 Å². The van der Waals surface area contributed by atoms with Crippen molar-refractivity contribution in [2.45, 2.75) is 26.8 Å². The van der Waals surface area contributed by atoms with Gasteiger partial charge in [-0.25, -0.2) is 0 Å². The van der Waals surface area contributed by atoms with Crippen LogP contribution in [0.25, 0.3) is 6.08 Å². The predicted molar refractivity (Wildman–Crippen MR) is 98.0 cm³/mol. The molecule has 1 N–H and O–H groups in total. The number of carbonyl (C=O) groups excluding carboxylic acids is 1. The molecule has 0 unspecified atom stereocenters. The average molecular weight is 348 g/mol. The van der Waals surface area contributed by atoms with Crippen molar-refractivity contribution in [1.82, 2.24) is 5.32 Å². The maximum Gasteiger partial charge on any atom is 0.244 e. The Morgan fingerprint density at radius 1 is 1.13 bits per heavy atom. The summed E-state index contributed by atoms with van der Waals surface area (Å²) < 4.78 is 0. The fourth-order valence-corrected chi connectivity index (χ4v) is 2.92. The monoisotopic (exact) mass is 347 g/mol. The Bertz CT molecular complexity index is 753. The molecule has 0 saturated heterocycles. The molecule has 2 aromatic carbocycles. The van der Waals surface area contributed by atoms with E-state index >= 15 is 0 Å². The summed E-state index contributed by atoms with van der Waals surface area (Å²) in [6.45, 7) is 6.08. The van der Waals surface area contributed by atoms with Crippen LogP contribution in [-0.4, -0.2) is 5.91 Å². The van der Waals surface area contributed by atoms with Crippen molar-refractivity contribution in [1.29, 1.82) is 0 Å². The maximum absolute atomic E-state index is 12.1. The van der Waals surface area contributed by atoms with Gasteiger partial charge in [-0.05, 0) is 55.7 Å². The molecule has 4 heteroatoms. The summed E-state index contributed by atoms with van der Waals surface area (Å²) in [6.07, 6.45) is 3.16. The van der Waals surface area contributed by atoms with Gasteiger partial charge in [0.25, 0.3) is 0 Å². The summed E-state index contributed by atoms with van der Waals surface area (Å²) in [4.78, 5) is 12.1. The summed E-state index contributed by atoms with van der Waals surface area (Å²) >= 11 is 11.9. The molecule has 1 amide bonds. The minimum absolute atomic E-state index is 0.0616. The normalized spacial score (nSPS) is 12.4. The molecule has 0 aliphatic heterocycles. The lowest BCUT2D eigenvalue weighted by Crippen LogP contribution is -2.25. The molecule has 120 valence electrons. The van der Waals surface area contributed by atoms with Crippen LogP contribution in [0.4, 0.5) is 0 Å². The highest BCUT2D eigenvalue weighted by Gasteiger charge is 2.10. The standard InChI is InChI=1S/C19H19Cl2NO/c1-12-4-8-17(13(2)10-12)14(3)22-19(23)9-6-15-5-7-16(20)11-18(15)21/h4-11,14H,1-3H3,(H,22,23)/b9-6+/t14-/m0/s1. The van der Waals surface area contributed by atoms with E-state index in [2.05, 4.69) is 24.4 Å². The Labute approximate surface area is 147 Å². The summed E-state index contributed by atoms with van der Waals surface area (Å²) in [7, 11) is 0. The average Bonchev–Trinajstić information content (AvgIpc) is 2.46. The lowest BCUT2D eigenvalue weighted by molar-refractivity contribution is -0.117. The van der Waals surface area contributed by atoms with Gasteiger partial charge in [0.05, 0.1) is 6.04 Å². The molecule has 1 atom stereocenters. The second kappa shape index (κ2) is 7.67. The van der Waals surface area contributed by atoms with Crippen LogP contribution in [-0.2, 0) is 4.79 Å². The largest absolute Gasteiger partial charge is 0.346 e. The first kappa shape index (κ1) is 17.6. The van der Waals surface area contributed by atoms with Gasteiger partial charge in [0.2, 0.25) is 5.91 Å². The highest BCUT2D eigenvalue weighted by molar-refractivity contribution is 6.35. The third-order valence-corrected chi connectivity index (χ3v) is 4.19. The first-order chi connectivity index (χ1) is 10.9. The predicted octanol–water partition coefficient (Wildman–Crippen LogP) is 5.50. The van der Waals surface area contributed by atoms with E-state index in [0.717, 1.165) is 11.1 Å². The number of aryl methyl sites for hydroxylation is 2. The fourth-order valence-electron chi connectivity index (χ4n) is 2.45. The summed E-state index contributed by atoms with van der Waals surface area (Å²) in [6, 6.07) is 11.3. The van der Waals surface area contributed by atoms with Crippen LogP contribution >= 0.6 is 23.2 Å². The van der Waals surface area contributed by atoms with E-state index in [1.807, 2.05) is 19.9 Å². The van der Waals surface area contributed by atoms with Gasteiger partial charge in [0.15, 0.2) is 0 Å². The van der Waals surface area contributed by atoms with Gasteiger partial charge in [-0.2, -0.15) is 0 Å². The van der Waals surface area contributed by atoms with Crippen molar-refractivity contribution in [3.8, 4) is 0 Å². The molecule has 0 saturated carbocycles. The zero-order valence-corrected chi connectivity index (χ0v) is 14.9. The van der Waals surface area contributed by atoms with Gasteiger partial charge in [-0.1, -0.05) is 53.0 Å². The second-order valence-corrected chi connectivity index (χ2v) is 6.43. The Morgan fingerprint density at radius 3 is 2.52 bits per heavy atom. The number of carbonyl (C=O) groups is 1. The van der Waals surface area contributed by atoms with Crippen LogP contribution in [0.15, 0.2) is 42.5 Å². The van der Waals surface area contributed by atoms with Gasteiger partial charge in [0.1, 0.15) is 0 Å². The lowest BCUT2D eigenvalue weighted by Gasteiger charge is -2.16. The summed E-state index contributed by atoms with van der Waals surface area (Å²) in [5.74, 6) is -0.163. The lowest BCUT2D eigenvalue weighted by atomic mass is 10.0. The van der Waals surface area contributed by atoms with E-state index in [1.54, 1.807) is 24.3 Å². The highest BCUT2D eigenvalue weighted by Crippen LogP contribution is 2.22. The number of amides is 1. The maximum atomic E-state index is 12.1. The number of halogens is 2. The smallest absolute Gasteiger partial charge is 0.244 e. The molecule has 0 aliphatic rings. The molecule has 2 nitrogen and oxygen atoms in total. The zero-order chi connectivity index (χ0) is 17.0. The van der Waals surface area contributed by atoms with E-state index in [0.29, 0.717) is 10.0 Å². The van der Waals surface area contributed by atoms with Crippen LogP contribution in [0, 0.1) is 13.8 Å². The highest BCUT2D eigenvalue weighted by atomic mass is 35.5. The molecule has 23 heavy (non-hydrogen) atoms. The summed E-state index contributed by atoms with van der Waals surface area (Å²) in [5.41, 5.74) is 4.25. The number of hydrogen-bond donors (Lipinski definition) is 1. The number of nitrogens with one attached hydrogen (secondary N) is 1. The molecule has 0 aliphatic carbocycles. The Hall–Kier alpha value is -1.77. The minimum Gasteiger partial charge on any atom is -0.346 e. The first-order valence-corrected chi connectivity index (χ1v) is 8.13. The third-order valence-electron chi connectivity index (χ3n) is 3.63. The van der Waals surface area contributed by atoms with E-state index in [-0.39, 0.29) is 11.9 Å². The van der Waals surface area contributed by atoms with E-state index in [9.17, 15) is 4.79 Å². The molecule has 0 bridgehead atoms. The molecule has 0 radical (unpaired) electrons. The third kappa shape index (κ3) is 4.85. The molecule has 2 aromatic rings. The molecule has 0 aromatic heterocycles. The van der Waals surface area contributed by atoms with E-state index < -0.39 is 0 Å². The van der Waals surface area contributed by atoms with E-state index in [4.69, 9.17) is 23.2 Å². The minimum atomic E-state index is -0.163. The molecule has 0 fully saturated rings. The fraction of sp³-hybridized carbons (Fsp3) is 0.211. The molecular weight excluding hydrogens is 329 g/mol. The first-order valence-electron chi connectivity index (χ1n) is 7.37. The van der Waals surface area contributed by atoms with E-state index in [1.165, 1.54) is 17.2 Å². The zero-order valence-electron chi connectivity index (χ0n) is 13.4. The van der Waals surface area contributed by atoms with Gasteiger partial charge >= 0.3 is 0 Å². The van der Waals surface area contributed by atoms with Crippen LogP contribution < -0.4 is 5.32 Å². The second-order valence-electron chi connectivity index (χ2n) is 5.59. The van der Waals surface area contributed by atoms with Crippen LogP contribution in [0.5, 0.6) is 0 Å². The number of rotatable bonds is 4. The van der Waals surface area contributed by atoms with Gasteiger partial charge in [0, 0.05) is 16.1 Å². The van der Waals surface area contributed by atoms with Gasteiger partial charge in [-0.3, -0.25) is 4.79 Å². The molecule has 2 rings (SSSR count). The van der Waals surface area contributed by atoms with Crippen LogP contribution in [0.2, 0.25) is 10.0 Å². The van der Waals surface area contributed by atoms with Crippen LogP contribution in [0.1, 0.15) is 35.2 Å². The summed E-state index contributed by atoms with van der Waals surface area (Å²) in [5, 5.41) is 4.05. The quantitative estimate of drug-likeness (QED) is 0.726. The van der Waals surface area contributed by atoms with Gasteiger partial charge < -0.3 is 5.32 Å². The van der Waals surface area contributed by atoms with Crippen molar-refractivity contribution in [2.75, 3.05) is 0 Å². The molecular formula is C19H19Cl2NO.